The summed E-state index contributed by atoms with van der Waals surface area (Å²) in [6.07, 6.45) is 0. The maximum Gasteiger partial charge on any atom is 0.0503 e. The van der Waals surface area contributed by atoms with E-state index in [9.17, 15) is 0 Å². The summed E-state index contributed by atoms with van der Waals surface area (Å²) in [7, 11) is 0. The number of aryl methyl sites for hydroxylation is 1. The fourth-order valence-corrected chi connectivity index (χ4v) is 2.68. The molecule has 0 fully saturated rings. The molecule has 1 heterocycles. The van der Waals surface area contributed by atoms with Crippen molar-refractivity contribution in [1.82, 2.24) is 4.57 Å². The quantitative estimate of drug-likeness (QED) is 0.821. The summed E-state index contributed by atoms with van der Waals surface area (Å²) < 4.78 is 2.36. The molecule has 0 amide bonds. The van der Waals surface area contributed by atoms with Crippen LogP contribution in [0.15, 0.2) is 24.3 Å². The smallest absolute Gasteiger partial charge is 0.0503 e. The van der Waals surface area contributed by atoms with E-state index in [1.165, 1.54) is 16.6 Å². The van der Waals surface area contributed by atoms with Gasteiger partial charge in [0.15, 0.2) is 0 Å². The SMILES string of the molecule is CCSCc1cc2ccc(N)cc2n1CC. The molecule has 2 N–H and O–H groups in total. The minimum atomic E-state index is 0.843. The Morgan fingerprint density at radius 3 is 2.75 bits per heavy atom. The molecule has 0 radical (unpaired) electrons. The number of hydrogen-bond donors (Lipinski definition) is 1. The van der Waals surface area contributed by atoms with Crippen LogP contribution >= 0.6 is 11.8 Å². The molecule has 0 bridgehead atoms. The second-order valence-corrected chi connectivity index (χ2v) is 5.11. The molecule has 0 aliphatic carbocycles. The number of anilines is 1. The van der Waals surface area contributed by atoms with E-state index in [1.54, 1.807) is 0 Å². The molecule has 0 atom stereocenters. The molecule has 2 rings (SSSR count). The van der Waals surface area contributed by atoms with E-state index in [-0.39, 0.29) is 0 Å². The zero-order valence-corrected chi connectivity index (χ0v) is 10.7. The summed E-state index contributed by atoms with van der Waals surface area (Å²) >= 11 is 1.96. The molecule has 2 nitrogen and oxygen atoms in total. The van der Waals surface area contributed by atoms with Gasteiger partial charge in [-0.1, -0.05) is 13.0 Å². The molecule has 86 valence electrons. The molecular weight excluding hydrogens is 216 g/mol. The summed E-state index contributed by atoms with van der Waals surface area (Å²) in [6.45, 7) is 5.39. The molecule has 0 saturated carbocycles. The molecule has 1 aromatic heterocycles. The van der Waals surface area contributed by atoms with E-state index < -0.39 is 0 Å². The monoisotopic (exact) mass is 234 g/mol. The third kappa shape index (κ3) is 2.05. The van der Waals surface area contributed by atoms with Crippen LogP contribution in [0.25, 0.3) is 10.9 Å². The van der Waals surface area contributed by atoms with Crippen LogP contribution in [-0.4, -0.2) is 10.3 Å². The second-order valence-electron chi connectivity index (χ2n) is 3.84. The first kappa shape index (κ1) is 11.4. The van der Waals surface area contributed by atoms with Gasteiger partial charge in [0.25, 0.3) is 0 Å². The summed E-state index contributed by atoms with van der Waals surface area (Å²) in [5.74, 6) is 2.24. The van der Waals surface area contributed by atoms with Crippen molar-refractivity contribution in [2.45, 2.75) is 26.1 Å². The molecular formula is C13H18N2S. The molecule has 0 saturated heterocycles. The third-order valence-electron chi connectivity index (χ3n) is 2.78. The van der Waals surface area contributed by atoms with Crippen molar-refractivity contribution in [1.29, 1.82) is 0 Å². The third-order valence-corrected chi connectivity index (χ3v) is 3.69. The lowest BCUT2D eigenvalue weighted by Gasteiger charge is -2.07. The number of benzene rings is 1. The van der Waals surface area contributed by atoms with Crippen molar-refractivity contribution in [3.8, 4) is 0 Å². The average molecular weight is 234 g/mol. The van der Waals surface area contributed by atoms with Crippen LogP contribution < -0.4 is 5.73 Å². The van der Waals surface area contributed by atoms with Gasteiger partial charge in [0.2, 0.25) is 0 Å². The van der Waals surface area contributed by atoms with Gasteiger partial charge in [-0.3, -0.25) is 0 Å². The maximum absolute atomic E-state index is 5.84. The van der Waals surface area contributed by atoms with E-state index >= 15 is 0 Å². The number of rotatable bonds is 4. The van der Waals surface area contributed by atoms with Crippen molar-refractivity contribution in [3.63, 3.8) is 0 Å². The van der Waals surface area contributed by atoms with E-state index in [2.05, 4.69) is 36.6 Å². The van der Waals surface area contributed by atoms with Crippen LogP contribution in [0, 0.1) is 0 Å². The van der Waals surface area contributed by atoms with Gasteiger partial charge in [-0.05, 0) is 30.9 Å². The highest BCUT2D eigenvalue weighted by molar-refractivity contribution is 7.98. The minimum Gasteiger partial charge on any atom is -0.399 e. The van der Waals surface area contributed by atoms with E-state index in [0.717, 1.165) is 23.7 Å². The molecule has 0 unspecified atom stereocenters. The molecule has 0 aliphatic rings. The molecule has 0 aliphatic heterocycles. The normalized spacial score (nSPS) is 11.1. The first-order valence-electron chi connectivity index (χ1n) is 5.71. The number of nitrogen functional groups attached to an aromatic ring is 1. The van der Waals surface area contributed by atoms with Crippen molar-refractivity contribution in [2.75, 3.05) is 11.5 Å². The van der Waals surface area contributed by atoms with Crippen molar-refractivity contribution in [2.24, 2.45) is 0 Å². The Morgan fingerprint density at radius 2 is 2.06 bits per heavy atom. The lowest BCUT2D eigenvalue weighted by molar-refractivity contribution is 0.765. The molecule has 16 heavy (non-hydrogen) atoms. The zero-order valence-electron chi connectivity index (χ0n) is 9.86. The Kier molecular flexibility index (Phi) is 3.44. The fraction of sp³-hybridized carbons (Fsp3) is 0.385. The highest BCUT2D eigenvalue weighted by Crippen LogP contribution is 2.24. The largest absolute Gasteiger partial charge is 0.399 e. The van der Waals surface area contributed by atoms with E-state index in [0.29, 0.717) is 0 Å². The number of thioether (sulfide) groups is 1. The Morgan fingerprint density at radius 1 is 1.25 bits per heavy atom. The predicted molar refractivity (Wildman–Crippen MR) is 73.9 cm³/mol. The average Bonchev–Trinajstić information content (AvgIpc) is 2.63. The van der Waals surface area contributed by atoms with E-state index in [4.69, 9.17) is 5.73 Å². The van der Waals surface area contributed by atoms with Crippen LogP contribution in [0.1, 0.15) is 19.5 Å². The van der Waals surface area contributed by atoms with Gasteiger partial charge in [-0.25, -0.2) is 0 Å². The first-order chi connectivity index (χ1) is 7.76. The number of fused-ring (bicyclic) bond motifs is 1. The van der Waals surface area contributed by atoms with Crippen molar-refractivity contribution < 1.29 is 0 Å². The molecule has 0 spiro atoms. The number of aromatic nitrogens is 1. The summed E-state index contributed by atoms with van der Waals surface area (Å²) in [4.78, 5) is 0. The van der Waals surface area contributed by atoms with Gasteiger partial charge in [-0.15, -0.1) is 0 Å². The predicted octanol–water partition coefficient (Wildman–Crippen LogP) is 3.50. The highest BCUT2D eigenvalue weighted by Gasteiger charge is 2.07. The Bertz CT molecular complexity index is 488. The molecule has 1 aromatic carbocycles. The van der Waals surface area contributed by atoms with Gasteiger partial charge < -0.3 is 10.3 Å². The van der Waals surface area contributed by atoms with Gasteiger partial charge in [0.1, 0.15) is 0 Å². The lowest BCUT2D eigenvalue weighted by Crippen LogP contribution is -1.99. The zero-order chi connectivity index (χ0) is 11.5. The van der Waals surface area contributed by atoms with Gasteiger partial charge in [0.05, 0.1) is 5.52 Å². The van der Waals surface area contributed by atoms with Crippen LogP contribution in [0.5, 0.6) is 0 Å². The standard InChI is InChI=1S/C13H18N2S/c1-3-15-12(9-16-4-2)7-10-5-6-11(14)8-13(10)15/h5-8H,3-4,9,14H2,1-2H3. The van der Waals surface area contributed by atoms with Crippen molar-refractivity contribution >= 4 is 28.4 Å². The number of hydrogen-bond acceptors (Lipinski definition) is 2. The Labute approximate surface area is 101 Å². The van der Waals surface area contributed by atoms with Crippen molar-refractivity contribution in [3.05, 3.63) is 30.0 Å². The minimum absolute atomic E-state index is 0.843. The Hall–Kier alpha value is -1.09. The molecule has 3 heteroatoms. The summed E-state index contributed by atoms with van der Waals surface area (Å²) in [5.41, 5.74) is 9.34. The van der Waals surface area contributed by atoms with Gasteiger partial charge >= 0.3 is 0 Å². The summed E-state index contributed by atoms with van der Waals surface area (Å²) in [6, 6.07) is 8.43. The van der Waals surface area contributed by atoms with Crippen LogP contribution in [0.3, 0.4) is 0 Å². The maximum atomic E-state index is 5.84. The van der Waals surface area contributed by atoms with Crippen LogP contribution in [0.2, 0.25) is 0 Å². The van der Waals surface area contributed by atoms with Gasteiger partial charge in [0, 0.05) is 29.1 Å². The Balaban J connectivity index is 2.49. The molecule has 2 aromatic rings. The topological polar surface area (TPSA) is 30.9 Å². The number of nitrogens with two attached hydrogens (primary N) is 1. The fourth-order valence-electron chi connectivity index (χ4n) is 2.03. The lowest BCUT2D eigenvalue weighted by atomic mass is 10.2. The van der Waals surface area contributed by atoms with E-state index in [1.807, 2.05) is 17.8 Å². The number of nitrogens with zero attached hydrogens (tertiary/aromatic N) is 1. The second kappa shape index (κ2) is 4.83. The summed E-state index contributed by atoms with van der Waals surface area (Å²) in [5, 5.41) is 1.29. The van der Waals surface area contributed by atoms with Gasteiger partial charge in [-0.2, -0.15) is 11.8 Å². The highest BCUT2D eigenvalue weighted by atomic mass is 32.2. The van der Waals surface area contributed by atoms with Crippen LogP contribution in [-0.2, 0) is 12.3 Å². The van der Waals surface area contributed by atoms with Crippen LogP contribution in [0.4, 0.5) is 5.69 Å². The first-order valence-corrected chi connectivity index (χ1v) is 6.87.